The van der Waals surface area contributed by atoms with Crippen molar-refractivity contribution >= 4 is 23.2 Å². The predicted molar refractivity (Wildman–Crippen MR) is 116 cm³/mol. The molecule has 1 aromatic heterocycles. The molecule has 0 atom stereocenters. The van der Waals surface area contributed by atoms with Crippen molar-refractivity contribution in [1.29, 1.82) is 0 Å². The van der Waals surface area contributed by atoms with Crippen LogP contribution < -0.4 is 14.8 Å². The van der Waals surface area contributed by atoms with E-state index in [1.165, 1.54) is 31.0 Å². The molecule has 1 heterocycles. The standard InChI is InChI=1S/C21H21ClN4O5/c1-13-19(20(22)25(24-13)15-7-5-4-6-8-15)21(27)23-10-9-14-11-17(30-2)18(31-3)12-16(14)26(28)29/h4-8,11-12H,9-10H2,1-3H3,(H,23,27). The number of carbonyl (C=O) groups excluding carboxylic acids is 1. The largest absolute Gasteiger partial charge is 0.493 e. The summed E-state index contributed by atoms with van der Waals surface area (Å²) in [5.41, 5.74) is 1.76. The van der Waals surface area contributed by atoms with Crippen molar-refractivity contribution in [3.63, 3.8) is 0 Å². The molecule has 31 heavy (non-hydrogen) atoms. The molecule has 0 aliphatic rings. The minimum absolute atomic E-state index is 0.113. The average Bonchev–Trinajstić information content (AvgIpc) is 3.07. The Hall–Kier alpha value is -3.59. The third-order valence-electron chi connectivity index (χ3n) is 4.69. The van der Waals surface area contributed by atoms with Gasteiger partial charge in [-0.1, -0.05) is 29.8 Å². The second kappa shape index (κ2) is 9.48. The Kier molecular flexibility index (Phi) is 6.76. The summed E-state index contributed by atoms with van der Waals surface area (Å²) in [7, 11) is 2.85. The number of ether oxygens (including phenoxy) is 2. The summed E-state index contributed by atoms with van der Waals surface area (Å²) in [6.07, 6.45) is 0.214. The fourth-order valence-electron chi connectivity index (χ4n) is 3.18. The molecular weight excluding hydrogens is 424 g/mol. The van der Waals surface area contributed by atoms with Crippen LogP contribution in [-0.4, -0.2) is 41.4 Å². The van der Waals surface area contributed by atoms with Crippen LogP contribution in [-0.2, 0) is 6.42 Å². The lowest BCUT2D eigenvalue weighted by Crippen LogP contribution is -2.26. The molecule has 0 aliphatic heterocycles. The van der Waals surface area contributed by atoms with Crippen LogP contribution in [0.4, 0.5) is 5.69 Å². The van der Waals surface area contributed by atoms with Gasteiger partial charge in [0.15, 0.2) is 11.5 Å². The highest BCUT2D eigenvalue weighted by Gasteiger charge is 2.22. The zero-order chi connectivity index (χ0) is 22.5. The number of aryl methyl sites for hydroxylation is 1. The number of hydrogen-bond acceptors (Lipinski definition) is 6. The van der Waals surface area contributed by atoms with Gasteiger partial charge in [-0.25, -0.2) is 4.68 Å². The Bertz CT molecular complexity index is 1110. The van der Waals surface area contributed by atoms with E-state index in [1.54, 1.807) is 6.92 Å². The number of rotatable bonds is 8. The molecule has 162 valence electrons. The number of nitrogens with zero attached hydrogens (tertiary/aromatic N) is 3. The molecule has 3 rings (SSSR count). The van der Waals surface area contributed by atoms with Crippen molar-refractivity contribution in [2.75, 3.05) is 20.8 Å². The summed E-state index contributed by atoms with van der Waals surface area (Å²) >= 11 is 6.41. The SMILES string of the molecule is COc1cc(CCNC(=O)c2c(C)nn(-c3ccccc3)c2Cl)c([N+](=O)[O-])cc1OC. The maximum atomic E-state index is 12.7. The number of nitrogens with one attached hydrogen (secondary N) is 1. The minimum atomic E-state index is -0.496. The van der Waals surface area contributed by atoms with E-state index in [-0.39, 0.29) is 35.1 Å². The molecule has 9 nitrogen and oxygen atoms in total. The zero-order valence-corrected chi connectivity index (χ0v) is 18.0. The Labute approximate surface area is 183 Å². The van der Waals surface area contributed by atoms with Crippen molar-refractivity contribution in [2.24, 2.45) is 0 Å². The van der Waals surface area contributed by atoms with E-state index in [0.29, 0.717) is 17.0 Å². The van der Waals surface area contributed by atoms with Gasteiger partial charge in [0, 0.05) is 12.1 Å². The monoisotopic (exact) mass is 444 g/mol. The molecule has 0 unspecified atom stereocenters. The third kappa shape index (κ3) is 4.61. The number of nitro benzene ring substituents is 1. The number of aromatic nitrogens is 2. The Balaban J connectivity index is 1.77. The van der Waals surface area contributed by atoms with Gasteiger partial charge in [-0.15, -0.1) is 0 Å². The van der Waals surface area contributed by atoms with Gasteiger partial charge in [-0.3, -0.25) is 14.9 Å². The zero-order valence-electron chi connectivity index (χ0n) is 17.2. The van der Waals surface area contributed by atoms with Crippen LogP contribution in [0, 0.1) is 17.0 Å². The molecule has 1 amide bonds. The molecule has 3 aromatic rings. The second-order valence-corrected chi connectivity index (χ2v) is 6.96. The minimum Gasteiger partial charge on any atom is -0.493 e. The van der Waals surface area contributed by atoms with E-state index < -0.39 is 10.8 Å². The van der Waals surface area contributed by atoms with Crippen molar-refractivity contribution in [1.82, 2.24) is 15.1 Å². The lowest BCUT2D eigenvalue weighted by atomic mass is 10.1. The molecular formula is C21H21ClN4O5. The first-order valence-corrected chi connectivity index (χ1v) is 9.73. The number of methoxy groups -OCH3 is 2. The smallest absolute Gasteiger partial charge is 0.276 e. The van der Waals surface area contributed by atoms with Gasteiger partial charge < -0.3 is 14.8 Å². The number of amides is 1. The van der Waals surface area contributed by atoms with Gasteiger partial charge in [0.2, 0.25) is 0 Å². The number of carbonyl (C=O) groups is 1. The van der Waals surface area contributed by atoms with Crippen LogP contribution in [0.1, 0.15) is 21.6 Å². The molecule has 0 saturated heterocycles. The van der Waals surface area contributed by atoms with Gasteiger partial charge in [-0.2, -0.15) is 5.10 Å². The lowest BCUT2D eigenvalue weighted by molar-refractivity contribution is -0.385. The lowest BCUT2D eigenvalue weighted by Gasteiger charge is -2.11. The van der Waals surface area contributed by atoms with Gasteiger partial charge >= 0.3 is 0 Å². The fraction of sp³-hybridized carbons (Fsp3) is 0.238. The van der Waals surface area contributed by atoms with Gasteiger partial charge in [0.05, 0.1) is 42.2 Å². The molecule has 1 N–H and O–H groups in total. The first kappa shape index (κ1) is 22.1. The maximum Gasteiger partial charge on any atom is 0.276 e. The van der Waals surface area contributed by atoms with Crippen LogP contribution in [0.25, 0.3) is 5.69 Å². The van der Waals surface area contributed by atoms with Crippen molar-refractivity contribution in [2.45, 2.75) is 13.3 Å². The highest BCUT2D eigenvalue weighted by atomic mass is 35.5. The topological polar surface area (TPSA) is 109 Å². The fourth-order valence-corrected chi connectivity index (χ4v) is 3.53. The maximum absolute atomic E-state index is 12.7. The Morgan fingerprint density at radius 2 is 1.84 bits per heavy atom. The summed E-state index contributed by atoms with van der Waals surface area (Å²) in [6, 6.07) is 12.1. The number of benzene rings is 2. The van der Waals surface area contributed by atoms with E-state index in [2.05, 4.69) is 10.4 Å². The number of halogens is 1. The number of para-hydroxylation sites is 1. The molecule has 2 aromatic carbocycles. The molecule has 0 fully saturated rings. The van der Waals surface area contributed by atoms with Crippen LogP contribution in [0.2, 0.25) is 5.15 Å². The summed E-state index contributed by atoms with van der Waals surface area (Å²) in [5.74, 6) is 0.225. The highest BCUT2D eigenvalue weighted by Crippen LogP contribution is 2.34. The Morgan fingerprint density at radius 1 is 1.19 bits per heavy atom. The number of hydrogen-bond donors (Lipinski definition) is 1. The van der Waals surface area contributed by atoms with Crippen LogP contribution in [0.3, 0.4) is 0 Å². The molecule has 0 spiro atoms. The van der Waals surface area contributed by atoms with E-state index >= 15 is 0 Å². The first-order valence-electron chi connectivity index (χ1n) is 9.35. The summed E-state index contributed by atoms with van der Waals surface area (Å²) in [6.45, 7) is 1.85. The first-order chi connectivity index (χ1) is 14.9. The molecule has 0 radical (unpaired) electrons. The van der Waals surface area contributed by atoms with Crippen molar-refractivity contribution in [3.8, 4) is 17.2 Å². The van der Waals surface area contributed by atoms with Gasteiger partial charge in [-0.05, 0) is 31.5 Å². The van der Waals surface area contributed by atoms with E-state index in [0.717, 1.165) is 5.69 Å². The molecule has 0 aliphatic carbocycles. The number of nitro groups is 1. The normalized spacial score (nSPS) is 10.6. The second-order valence-electron chi connectivity index (χ2n) is 6.60. The van der Waals surface area contributed by atoms with Gasteiger partial charge in [0.1, 0.15) is 5.15 Å². The van der Waals surface area contributed by atoms with Crippen LogP contribution in [0.15, 0.2) is 42.5 Å². The van der Waals surface area contributed by atoms with Crippen molar-refractivity contribution < 1.29 is 19.2 Å². The highest BCUT2D eigenvalue weighted by molar-refractivity contribution is 6.33. The summed E-state index contributed by atoms with van der Waals surface area (Å²) in [5, 5.41) is 18.7. The van der Waals surface area contributed by atoms with Gasteiger partial charge in [0.25, 0.3) is 11.6 Å². The van der Waals surface area contributed by atoms with Crippen molar-refractivity contribution in [3.05, 3.63) is 74.6 Å². The molecule has 10 heteroatoms. The van der Waals surface area contributed by atoms with E-state index in [4.69, 9.17) is 21.1 Å². The average molecular weight is 445 g/mol. The quantitative estimate of drug-likeness (QED) is 0.419. The molecule has 0 bridgehead atoms. The Morgan fingerprint density at radius 3 is 2.45 bits per heavy atom. The third-order valence-corrected chi connectivity index (χ3v) is 5.04. The molecule has 0 saturated carbocycles. The predicted octanol–water partition coefficient (Wildman–Crippen LogP) is 3.73. The van der Waals surface area contributed by atoms with E-state index in [9.17, 15) is 14.9 Å². The van der Waals surface area contributed by atoms with Crippen LogP contribution in [0.5, 0.6) is 11.5 Å². The van der Waals surface area contributed by atoms with E-state index in [1.807, 2.05) is 30.3 Å². The van der Waals surface area contributed by atoms with Crippen LogP contribution >= 0.6 is 11.6 Å². The summed E-state index contributed by atoms with van der Waals surface area (Å²) in [4.78, 5) is 23.7. The summed E-state index contributed by atoms with van der Waals surface area (Å²) < 4.78 is 11.8.